The molecule has 87 heavy (non-hydrogen) atoms. The molecule has 0 bridgehead atoms. The van der Waals surface area contributed by atoms with Crippen molar-refractivity contribution >= 4 is 88.9 Å². The fourth-order valence-electron chi connectivity index (χ4n) is 8.05. The molecule has 0 aliphatic carbocycles. The number of furan rings is 2. The summed E-state index contributed by atoms with van der Waals surface area (Å²) < 4.78 is 39.6. The van der Waals surface area contributed by atoms with E-state index in [-0.39, 0.29) is 56.1 Å². The second-order valence-electron chi connectivity index (χ2n) is 20.0. The molecule has 6 aromatic carbocycles. The van der Waals surface area contributed by atoms with E-state index < -0.39 is 26.3 Å². The van der Waals surface area contributed by atoms with Crippen molar-refractivity contribution in [3.05, 3.63) is 231 Å². The van der Waals surface area contributed by atoms with Crippen LogP contribution in [0.1, 0.15) is 21.3 Å². The van der Waals surface area contributed by atoms with Gasteiger partial charge >= 0.3 is 0 Å². The van der Waals surface area contributed by atoms with Gasteiger partial charge in [-0.3, -0.25) is 4.98 Å². The third-order valence-electron chi connectivity index (χ3n) is 12.1. The van der Waals surface area contributed by atoms with Crippen molar-refractivity contribution in [2.75, 3.05) is 20.5 Å². The second kappa shape index (κ2) is 38.8. The third kappa shape index (κ3) is 23.7. The van der Waals surface area contributed by atoms with Gasteiger partial charge in [-0.05, 0) is 79.5 Å². The molecule has 455 valence electrons. The number of benzene rings is 6. The molecule has 0 atom stereocenters. The van der Waals surface area contributed by atoms with Crippen LogP contribution in [0.3, 0.4) is 0 Å². The molecule has 5 radical (unpaired) electrons. The maximum atomic E-state index is 9.08. The van der Waals surface area contributed by atoms with Crippen LogP contribution >= 0.6 is 0 Å². The number of pyridine rings is 4. The summed E-state index contributed by atoms with van der Waals surface area (Å²) in [4.78, 5) is 17.4. The van der Waals surface area contributed by atoms with Crippen LogP contribution < -0.4 is 10.4 Å². The zero-order valence-corrected chi connectivity index (χ0v) is 57.7. The van der Waals surface area contributed by atoms with Gasteiger partial charge in [0.05, 0.1) is 37.5 Å². The average Bonchev–Trinajstić information content (AvgIpc) is 1.77. The first-order valence-corrected chi connectivity index (χ1v) is 35.3. The molecular formula is C70H74BIr2N4O7SSi2-4. The van der Waals surface area contributed by atoms with E-state index in [0.717, 1.165) is 87.0 Å². The average molecular weight is 1570 g/mol. The summed E-state index contributed by atoms with van der Waals surface area (Å²) in [6.07, 6.45) is 7.80. The van der Waals surface area contributed by atoms with Crippen LogP contribution in [0.15, 0.2) is 222 Å². The quantitative estimate of drug-likeness (QED) is 0.0701. The number of fused-ring (bicyclic) bond motifs is 6. The fourth-order valence-corrected chi connectivity index (χ4v) is 10.4. The first-order chi connectivity index (χ1) is 39.9. The molecule has 11 nitrogen and oxygen atoms in total. The number of hydrogen-bond acceptors (Lipinski definition) is 11. The van der Waals surface area contributed by atoms with Crippen molar-refractivity contribution in [3.63, 3.8) is 0 Å². The minimum Gasteiger partial charge on any atom is -0.748 e. The molecule has 0 aliphatic heterocycles. The predicted molar refractivity (Wildman–Crippen MR) is 359 cm³/mol. The maximum Gasteiger partial charge on any atom is 0.144 e. The van der Waals surface area contributed by atoms with Gasteiger partial charge in [-0.1, -0.05) is 147 Å². The Hall–Kier alpha value is -7.29. The van der Waals surface area contributed by atoms with Gasteiger partial charge in [0, 0.05) is 116 Å². The summed E-state index contributed by atoms with van der Waals surface area (Å²) in [5, 5.41) is 21.6. The summed E-state index contributed by atoms with van der Waals surface area (Å²) >= 11 is 0. The Balaban J connectivity index is 0.000000551. The van der Waals surface area contributed by atoms with Gasteiger partial charge in [0.15, 0.2) is 0 Å². The van der Waals surface area contributed by atoms with E-state index in [9.17, 15) is 0 Å². The van der Waals surface area contributed by atoms with Crippen LogP contribution in [0, 0.1) is 30.0 Å². The van der Waals surface area contributed by atoms with Crippen LogP contribution in [0.5, 0.6) is 0 Å². The molecule has 0 saturated carbocycles. The largest absolute Gasteiger partial charge is 0.748 e. The maximum absolute atomic E-state index is 9.08. The molecule has 0 unspecified atom stereocenters. The minimum absolute atomic E-state index is 0. The van der Waals surface area contributed by atoms with Gasteiger partial charge in [-0.2, -0.15) is 0 Å². The second-order valence-corrected chi connectivity index (χ2v) is 31.6. The van der Waals surface area contributed by atoms with Crippen LogP contribution in [0.2, 0.25) is 39.3 Å². The summed E-state index contributed by atoms with van der Waals surface area (Å²) in [5.41, 5.74) is 11.5. The van der Waals surface area contributed by atoms with E-state index in [1.807, 2.05) is 147 Å². The number of aliphatic hydroxyl groups excluding tert-OH is 2. The summed E-state index contributed by atoms with van der Waals surface area (Å²) in [5.74, 6) is 5.36. The van der Waals surface area contributed by atoms with Crippen LogP contribution in [-0.2, 0) is 50.3 Å². The van der Waals surface area contributed by atoms with Crippen molar-refractivity contribution in [2.24, 2.45) is 0 Å². The Kier molecular flexibility index (Phi) is 34.6. The van der Waals surface area contributed by atoms with E-state index in [2.05, 4.69) is 150 Å². The Bertz CT molecular complexity index is 3730. The molecule has 0 aliphatic rings. The zero-order valence-electron chi connectivity index (χ0n) is 50.1. The SMILES string of the molecule is C.CC#CC.CO.CO.CS(=O)(=O)[O-].C[Si](C)(C)c1ccc2oc3c(-c4ccccn4)[c-]ccc3c2c1.C[Si](C)(C)c1ccc2oc3c(-c4ccccn4)cccc3c2c1.[B].[Ir].[Ir].[c-]1ccccc1-c1ccccn1.[c-]1ccccc1-c1ccccn1. The molecule has 12 rings (SSSR count). The Morgan fingerprint density at radius 1 is 0.460 bits per heavy atom. The van der Waals surface area contributed by atoms with E-state index in [1.54, 1.807) is 18.6 Å². The number of hydrogen-bond donors (Lipinski definition) is 2. The Labute approximate surface area is 545 Å². The van der Waals surface area contributed by atoms with Crippen LogP contribution in [-0.4, -0.2) is 88.2 Å². The first-order valence-electron chi connectivity index (χ1n) is 26.5. The van der Waals surface area contributed by atoms with E-state index in [0.29, 0.717) is 6.26 Å². The Morgan fingerprint density at radius 2 is 0.839 bits per heavy atom. The molecule has 0 saturated heterocycles. The van der Waals surface area contributed by atoms with E-state index in [1.165, 1.54) is 26.5 Å². The monoisotopic (exact) mass is 1570 g/mol. The third-order valence-corrected chi connectivity index (χ3v) is 16.2. The first kappa shape index (κ1) is 77.7. The van der Waals surface area contributed by atoms with Gasteiger partial charge in [0.2, 0.25) is 0 Å². The van der Waals surface area contributed by atoms with E-state index in [4.69, 9.17) is 32.0 Å². The minimum atomic E-state index is -3.92. The van der Waals surface area contributed by atoms with Gasteiger partial charge in [-0.25, -0.2) is 8.42 Å². The number of aromatic nitrogens is 4. The van der Waals surface area contributed by atoms with Crippen LogP contribution in [0.4, 0.5) is 0 Å². The molecule has 0 amide bonds. The van der Waals surface area contributed by atoms with Gasteiger partial charge in [0.1, 0.15) is 16.7 Å². The van der Waals surface area contributed by atoms with Crippen molar-refractivity contribution in [1.29, 1.82) is 0 Å². The smallest absolute Gasteiger partial charge is 0.144 e. The molecule has 17 heteroatoms. The summed E-state index contributed by atoms with van der Waals surface area (Å²) in [6, 6.07) is 72.4. The predicted octanol–water partition coefficient (Wildman–Crippen LogP) is 14.9. The molecule has 0 spiro atoms. The van der Waals surface area contributed by atoms with Crippen molar-refractivity contribution < 1.29 is 72.2 Å². The zero-order chi connectivity index (χ0) is 60.4. The summed E-state index contributed by atoms with van der Waals surface area (Å²) in [6.45, 7) is 17.8. The molecule has 12 aromatic rings. The van der Waals surface area contributed by atoms with Gasteiger partial charge in [0.25, 0.3) is 0 Å². The Morgan fingerprint density at radius 3 is 1.21 bits per heavy atom. The van der Waals surface area contributed by atoms with Gasteiger partial charge in [-0.15, -0.1) is 102 Å². The van der Waals surface area contributed by atoms with Crippen LogP contribution in [0.25, 0.3) is 88.9 Å². The van der Waals surface area contributed by atoms with Crippen molar-refractivity contribution in [3.8, 4) is 56.9 Å². The van der Waals surface area contributed by atoms with Crippen molar-refractivity contribution in [1.82, 2.24) is 19.9 Å². The number of rotatable bonds is 6. The number of aliphatic hydroxyl groups is 2. The molecule has 6 heterocycles. The standard InChI is InChI=1S/C20H19NOSi.C20H18NOSi.2C11H8N.C4H6.CH4O3S.2CH4O.CH4.B.2Ir/c2*1-23(2,3)14-10-11-19-17(13-14)15-7-6-8-16(20(15)22-19)18-9-4-5-12-21-18;2*1-2-6-10(7-3-1)11-8-4-5-9-12-11;1-3-4-2;1-5(2,3)4;2*1-2;;;;/h4-13H,1-3H3;4-7,9-13H,1-3H3;2*1-6,8-9H;1-2H3;1H3,(H,2,3,4);2*2H,1H3;1H4;;;/q;3*-1;;;;;;;;/p-1. The molecule has 0 fully saturated rings. The van der Waals surface area contributed by atoms with Crippen molar-refractivity contribution in [2.45, 2.75) is 60.6 Å². The van der Waals surface area contributed by atoms with E-state index >= 15 is 0 Å². The molecule has 6 aromatic heterocycles. The normalized spacial score (nSPS) is 10.0. The van der Waals surface area contributed by atoms with Gasteiger partial charge < -0.3 is 38.6 Å². The molecule has 2 N–H and O–H groups in total. The topological polar surface area (TPSA) is 175 Å². The number of para-hydroxylation sites is 1. The fraction of sp³-hybridized carbons (Fsp3) is 0.171. The molecular weight excluding hydrogens is 1490 g/mol. The number of nitrogens with zero attached hydrogens (tertiary/aromatic N) is 4. The summed E-state index contributed by atoms with van der Waals surface area (Å²) in [7, 11) is -4.61.